The summed E-state index contributed by atoms with van der Waals surface area (Å²) in [7, 11) is 0. The van der Waals surface area contributed by atoms with Gasteiger partial charge in [0, 0.05) is 24.5 Å². The van der Waals surface area contributed by atoms with Gasteiger partial charge in [-0.3, -0.25) is 10.1 Å². The number of nitro groups is 1. The van der Waals surface area contributed by atoms with Gasteiger partial charge in [-0.15, -0.1) is 0 Å². The largest absolute Gasteiger partial charge is 0.487 e. The third kappa shape index (κ3) is 3.22. The molecule has 0 fully saturated rings. The highest BCUT2D eigenvalue weighted by molar-refractivity contribution is 5.51. The summed E-state index contributed by atoms with van der Waals surface area (Å²) in [5.41, 5.74) is -0.141. The van der Waals surface area contributed by atoms with Gasteiger partial charge in [0.05, 0.1) is 11.5 Å². The van der Waals surface area contributed by atoms with Crippen molar-refractivity contribution in [3.63, 3.8) is 0 Å². The van der Waals surface area contributed by atoms with Crippen LogP contribution in [0.4, 0.5) is 5.69 Å². The summed E-state index contributed by atoms with van der Waals surface area (Å²) >= 11 is 0. The molecule has 0 radical (unpaired) electrons. The normalized spacial score (nSPS) is 9.71. The van der Waals surface area contributed by atoms with Crippen molar-refractivity contribution in [2.24, 2.45) is 0 Å². The Hall–Kier alpha value is -3.21. The van der Waals surface area contributed by atoms with E-state index in [0.717, 1.165) is 0 Å². The van der Waals surface area contributed by atoms with Gasteiger partial charge in [-0.25, -0.2) is 9.97 Å². The lowest BCUT2D eigenvalue weighted by Crippen LogP contribution is -1.99. The van der Waals surface area contributed by atoms with E-state index in [4.69, 9.17) is 14.7 Å². The molecular formula is C13H10N4O4. The standard InChI is InChI=1S/C13H10N4O4/c1-2-20-12-7-9(3-4-11(12)17(18)19)21-13-10(8-14)15-5-6-16-13/h3-7H,2H2,1H3. The second-order valence-corrected chi connectivity index (χ2v) is 3.74. The van der Waals surface area contributed by atoms with Crippen LogP contribution >= 0.6 is 0 Å². The van der Waals surface area contributed by atoms with Crippen LogP contribution in [0.25, 0.3) is 0 Å². The molecule has 2 aromatic rings. The molecule has 8 nitrogen and oxygen atoms in total. The molecular weight excluding hydrogens is 276 g/mol. The minimum absolute atomic E-state index is 0.0220. The molecule has 0 saturated heterocycles. The van der Waals surface area contributed by atoms with Crippen LogP contribution in [0.1, 0.15) is 12.6 Å². The Bertz CT molecular complexity index is 712. The summed E-state index contributed by atoms with van der Waals surface area (Å²) in [6.45, 7) is 1.99. The Morgan fingerprint density at radius 3 is 2.81 bits per heavy atom. The van der Waals surface area contributed by atoms with Gasteiger partial charge in [0.2, 0.25) is 11.4 Å². The maximum atomic E-state index is 10.9. The Kier molecular flexibility index (Phi) is 4.26. The van der Waals surface area contributed by atoms with E-state index in [-0.39, 0.29) is 35.4 Å². The molecule has 106 valence electrons. The fraction of sp³-hybridized carbons (Fsp3) is 0.154. The maximum Gasteiger partial charge on any atom is 0.311 e. The summed E-state index contributed by atoms with van der Waals surface area (Å²) in [6.07, 6.45) is 2.75. The molecule has 1 aromatic carbocycles. The molecule has 8 heteroatoms. The zero-order valence-corrected chi connectivity index (χ0v) is 11.0. The lowest BCUT2D eigenvalue weighted by atomic mass is 10.3. The summed E-state index contributed by atoms with van der Waals surface area (Å²) in [6, 6.07) is 5.89. The van der Waals surface area contributed by atoms with E-state index in [1.54, 1.807) is 6.92 Å². The van der Waals surface area contributed by atoms with E-state index in [0.29, 0.717) is 0 Å². The molecule has 0 N–H and O–H groups in total. The van der Waals surface area contributed by atoms with Crippen molar-refractivity contribution in [1.29, 1.82) is 5.26 Å². The first-order valence-corrected chi connectivity index (χ1v) is 5.96. The lowest BCUT2D eigenvalue weighted by Gasteiger charge is -2.08. The monoisotopic (exact) mass is 286 g/mol. The van der Waals surface area contributed by atoms with Gasteiger partial charge < -0.3 is 9.47 Å². The van der Waals surface area contributed by atoms with E-state index in [1.165, 1.54) is 30.6 Å². The van der Waals surface area contributed by atoms with Gasteiger partial charge in [-0.05, 0) is 13.0 Å². The van der Waals surface area contributed by atoms with Gasteiger partial charge in [-0.1, -0.05) is 0 Å². The molecule has 1 heterocycles. The molecule has 0 spiro atoms. The molecule has 2 rings (SSSR count). The molecule has 1 aromatic heterocycles. The molecule has 0 aliphatic rings. The minimum atomic E-state index is -0.544. The highest BCUT2D eigenvalue weighted by Gasteiger charge is 2.17. The van der Waals surface area contributed by atoms with Crippen LogP contribution in [0, 0.1) is 21.4 Å². The molecule has 0 amide bonds. The Morgan fingerprint density at radius 1 is 1.38 bits per heavy atom. The average molecular weight is 286 g/mol. The summed E-state index contributed by atoms with van der Waals surface area (Å²) < 4.78 is 10.6. The van der Waals surface area contributed by atoms with Crippen LogP contribution in [0.5, 0.6) is 17.4 Å². The van der Waals surface area contributed by atoms with Crippen molar-refractivity contribution in [1.82, 2.24) is 9.97 Å². The summed E-state index contributed by atoms with van der Waals surface area (Å²) in [4.78, 5) is 18.0. The zero-order valence-electron chi connectivity index (χ0n) is 11.0. The fourth-order valence-electron chi connectivity index (χ4n) is 1.57. The predicted molar refractivity (Wildman–Crippen MR) is 71.1 cm³/mol. The van der Waals surface area contributed by atoms with E-state index in [9.17, 15) is 10.1 Å². The average Bonchev–Trinajstić information content (AvgIpc) is 2.48. The Labute approximate surface area is 119 Å². The number of nitro benzene ring substituents is 1. The van der Waals surface area contributed by atoms with Crippen LogP contribution in [0.2, 0.25) is 0 Å². The number of ether oxygens (including phenoxy) is 2. The van der Waals surface area contributed by atoms with Crippen LogP contribution in [-0.4, -0.2) is 21.5 Å². The first-order valence-electron chi connectivity index (χ1n) is 5.96. The number of aromatic nitrogens is 2. The van der Waals surface area contributed by atoms with Crippen molar-refractivity contribution < 1.29 is 14.4 Å². The van der Waals surface area contributed by atoms with Crippen molar-refractivity contribution in [3.8, 4) is 23.4 Å². The molecule has 0 atom stereocenters. The van der Waals surface area contributed by atoms with Gasteiger partial charge in [0.15, 0.2) is 0 Å². The van der Waals surface area contributed by atoms with Gasteiger partial charge in [-0.2, -0.15) is 5.26 Å². The summed E-state index contributed by atoms with van der Waals surface area (Å²) in [5.74, 6) is 0.375. The van der Waals surface area contributed by atoms with Gasteiger partial charge >= 0.3 is 5.69 Å². The second kappa shape index (κ2) is 6.29. The zero-order chi connectivity index (χ0) is 15.2. The molecule has 0 unspecified atom stereocenters. The first-order chi connectivity index (χ1) is 10.2. The van der Waals surface area contributed by atoms with Crippen molar-refractivity contribution in [2.75, 3.05) is 6.61 Å². The number of benzene rings is 1. The number of nitriles is 1. The third-order valence-electron chi connectivity index (χ3n) is 2.41. The smallest absolute Gasteiger partial charge is 0.311 e. The SMILES string of the molecule is CCOc1cc(Oc2nccnc2C#N)ccc1[N+](=O)[O-]. The predicted octanol–water partition coefficient (Wildman–Crippen LogP) is 2.45. The Balaban J connectivity index is 2.35. The van der Waals surface area contributed by atoms with Crippen molar-refractivity contribution >= 4 is 5.69 Å². The molecule has 0 bridgehead atoms. The lowest BCUT2D eigenvalue weighted by molar-refractivity contribution is -0.385. The molecule has 0 aliphatic heterocycles. The first kappa shape index (κ1) is 14.2. The van der Waals surface area contributed by atoms with Crippen molar-refractivity contribution in [2.45, 2.75) is 6.92 Å². The number of hydrogen-bond acceptors (Lipinski definition) is 7. The van der Waals surface area contributed by atoms with Crippen LogP contribution in [0.15, 0.2) is 30.6 Å². The van der Waals surface area contributed by atoms with Gasteiger partial charge in [0.1, 0.15) is 11.8 Å². The van der Waals surface area contributed by atoms with Crippen LogP contribution < -0.4 is 9.47 Å². The minimum Gasteiger partial charge on any atom is -0.487 e. The number of nitrogens with zero attached hydrogens (tertiary/aromatic N) is 4. The van der Waals surface area contributed by atoms with E-state index < -0.39 is 4.92 Å². The quantitative estimate of drug-likeness (QED) is 0.612. The van der Waals surface area contributed by atoms with Crippen LogP contribution in [0.3, 0.4) is 0 Å². The highest BCUT2D eigenvalue weighted by Crippen LogP contribution is 2.33. The Morgan fingerprint density at radius 2 is 2.14 bits per heavy atom. The maximum absolute atomic E-state index is 10.9. The fourth-order valence-corrected chi connectivity index (χ4v) is 1.57. The number of hydrogen-bond donors (Lipinski definition) is 0. The van der Waals surface area contributed by atoms with Gasteiger partial charge in [0.25, 0.3) is 5.88 Å². The topological polar surface area (TPSA) is 111 Å². The van der Waals surface area contributed by atoms with E-state index in [1.807, 2.05) is 6.07 Å². The molecule has 21 heavy (non-hydrogen) atoms. The molecule has 0 saturated carbocycles. The summed E-state index contributed by atoms with van der Waals surface area (Å²) in [5, 5.41) is 19.8. The second-order valence-electron chi connectivity index (χ2n) is 3.74. The molecule has 0 aliphatic carbocycles. The van der Waals surface area contributed by atoms with Crippen molar-refractivity contribution in [3.05, 3.63) is 46.4 Å². The third-order valence-corrected chi connectivity index (χ3v) is 2.41. The number of rotatable bonds is 5. The van der Waals surface area contributed by atoms with E-state index in [2.05, 4.69) is 9.97 Å². The highest BCUT2D eigenvalue weighted by atomic mass is 16.6. The van der Waals surface area contributed by atoms with E-state index >= 15 is 0 Å². The van der Waals surface area contributed by atoms with Crippen LogP contribution in [-0.2, 0) is 0 Å².